The van der Waals surface area contributed by atoms with Crippen LogP contribution in [0.15, 0.2) is 85.3 Å². The van der Waals surface area contributed by atoms with Gasteiger partial charge in [-0.05, 0) is 60.7 Å². The molecule has 0 fully saturated rings. The van der Waals surface area contributed by atoms with Crippen LogP contribution in [-0.2, 0) is 4.79 Å². The molecule has 0 bridgehead atoms. The summed E-state index contributed by atoms with van der Waals surface area (Å²) in [6.07, 6.45) is 3.17. The number of carbonyl (C=O) groups is 1. The van der Waals surface area contributed by atoms with E-state index in [-0.39, 0.29) is 12.5 Å². The van der Waals surface area contributed by atoms with Gasteiger partial charge in [0.25, 0.3) is 5.91 Å². The number of hydrogen-bond donors (Lipinski definition) is 3. The molecule has 1 amide bonds. The lowest BCUT2D eigenvalue weighted by Gasteiger charge is -2.10. The van der Waals surface area contributed by atoms with Crippen molar-refractivity contribution in [3.05, 3.63) is 85.3 Å². The number of carbonyl (C=O) groups excluding carboxylic acids is 1. The van der Waals surface area contributed by atoms with Crippen molar-refractivity contribution in [2.45, 2.75) is 0 Å². The van der Waals surface area contributed by atoms with Crippen LogP contribution in [0, 0.1) is 0 Å². The molecule has 2 aromatic carbocycles. The van der Waals surface area contributed by atoms with Crippen LogP contribution >= 0.6 is 0 Å². The summed E-state index contributed by atoms with van der Waals surface area (Å²) < 4.78 is 10.6. The van der Waals surface area contributed by atoms with Gasteiger partial charge in [-0.3, -0.25) is 4.79 Å². The molecule has 0 unspecified atom stereocenters. The Balaban J connectivity index is 1.29. The standard InChI is InChI=1S/C24H22N6O3/c1-32-19-9-11-20(12-10-19)33-15-24(31)29-18-7-5-17(6-8-18)28-22-14-23(27-16-26-22)30-21-4-2-3-13-25-21/h2-14,16H,15H2,1H3,(H,29,31)(H2,25,26,27,28,30). The van der Waals surface area contributed by atoms with Crippen molar-refractivity contribution in [1.82, 2.24) is 15.0 Å². The van der Waals surface area contributed by atoms with Crippen molar-refractivity contribution in [3.63, 3.8) is 0 Å². The summed E-state index contributed by atoms with van der Waals surface area (Å²) in [5.41, 5.74) is 1.47. The third-order valence-electron chi connectivity index (χ3n) is 4.46. The van der Waals surface area contributed by atoms with Gasteiger partial charge < -0.3 is 25.4 Å². The highest BCUT2D eigenvalue weighted by Gasteiger charge is 2.05. The number of amides is 1. The van der Waals surface area contributed by atoms with Gasteiger partial charge in [-0.1, -0.05) is 6.07 Å². The Morgan fingerprint density at radius 1 is 0.788 bits per heavy atom. The number of nitrogens with zero attached hydrogens (tertiary/aromatic N) is 3. The number of benzene rings is 2. The summed E-state index contributed by atoms with van der Waals surface area (Å²) in [5.74, 6) is 2.99. The smallest absolute Gasteiger partial charge is 0.262 e. The van der Waals surface area contributed by atoms with Gasteiger partial charge >= 0.3 is 0 Å². The Hall–Kier alpha value is -4.66. The maximum atomic E-state index is 12.2. The third-order valence-corrected chi connectivity index (χ3v) is 4.46. The summed E-state index contributed by atoms with van der Waals surface area (Å²) in [6, 6.07) is 21.7. The van der Waals surface area contributed by atoms with E-state index < -0.39 is 0 Å². The lowest BCUT2D eigenvalue weighted by atomic mass is 10.2. The van der Waals surface area contributed by atoms with E-state index in [0.29, 0.717) is 28.9 Å². The van der Waals surface area contributed by atoms with Crippen LogP contribution in [0.25, 0.3) is 0 Å². The van der Waals surface area contributed by atoms with Crippen molar-refractivity contribution in [1.29, 1.82) is 0 Å². The number of ether oxygens (including phenoxy) is 2. The van der Waals surface area contributed by atoms with Crippen molar-refractivity contribution < 1.29 is 14.3 Å². The highest BCUT2D eigenvalue weighted by atomic mass is 16.5. The maximum absolute atomic E-state index is 12.2. The summed E-state index contributed by atoms with van der Waals surface area (Å²) in [4.78, 5) is 24.8. The first-order chi connectivity index (χ1) is 16.2. The highest BCUT2D eigenvalue weighted by molar-refractivity contribution is 5.92. The zero-order valence-electron chi connectivity index (χ0n) is 17.9. The first-order valence-electron chi connectivity index (χ1n) is 10.1. The van der Waals surface area contributed by atoms with Crippen molar-refractivity contribution >= 4 is 34.7 Å². The molecule has 4 rings (SSSR count). The van der Waals surface area contributed by atoms with Gasteiger partial charge in [-0.2, -0.15) is 0 Å². The van der Waals surface area contributed by atoms with Crippen LogP contribution in [0.1, 0.15) is 0 Å². The molecule has 2 heterocycles. The second-order valence-corrected chi connectivity index (χ2v) is 6.84. The van der Waals surface area contributed by atoms with E-state index in [1.807, 2.05) is 30.3 Å². The second kappa shape index (κ2) is 10.6. The summed E-state index contributed by atoms with van der Waals surface area (Å²) in [5, 5.41) is 9.13. The molecule has 9 nitrogen and oxygen atoms in total. The van der Waals surface area contributed by atoms with E-state index in [1.165, 1.54) is 6.33 Å². The van der Waals surface area contributed by atoms with Gasteiger partial charge in [0.15, 0.2) is 6.61 Å². The number of rotatable bonds is 9. The predicted octanol–water partition coefficient (Wildman–Crippen LogP) is 4.38. The number of nitrogens with one attached hydrogen (secondary N) is 3. The summed E-state index contributed by atoms with van der Waals surface area (Å²) in [7, 11) is 1.59. The molecule has 2 aromatic heterocycles. The first-order valence-corrected chi connectivity index (χ1v) is 10.1. The van der Waals surface area contributed by atoms with Gasteiger partial charge in [0.1, 0.15) is 35.3 Å². The Morgan fingerprint density at radius 3 is 2.18 bits per heavy atom. The Bertz CT molecular complexity index is 1180. The van der Waals surface area contributed by atoms with E-state index in [4.69, 9.17) is 9.47 Å². The minimum absolute atomic E-state index is 0.0979. The molecule has 0 aliphatic rings. The van der Waals surface area contributed by atoms with Crippen LogP contribution in [-0.4, -0.2) is 34.6 Å². The molecule has 0 aliphatic carbocycles. The normalized spacial score (nSPS) is 10.2. The molecule has 0 saturated carbocycles. The maximum Gasteiger partial charge on any atom is 0.262 e. The van der Waals surface area contributed by atoms with Crippen LogP contribution in [0.2, 0.25) is 0 Å². The molecule has 0 atom stereocenters. The van der Waals surface area contributed by atoms with E-state index in [9.17, 15) is 4.79 Å². The van der Waals surface area contributed by atoms with Gasteiger partial charge in [0.2, 0.25) is 0 Å². The first kappa shape index (κ1) is 21.6. The average molecular weight is 442 g/mol. The molecule has 0 spiro atoms. The van der Waals surface area contributed by atoms with E-state index in [1.54, 1.807) is 55.8 Å². The van der Waals surface area contributed by atoms with E-state index >= 15 is 0 Å². The second-order valence-electron chi connectivity index (χ2n) is 6.84. The number of pyridine rings is 1. The fraction of sp³-hybridized carbons (Fsp3) is 0.0833. The molecular weight excluding hydrogens is 420 g/mol. The minimum atomic E-state index is -0.257. The molecule has 0 aliphatic heterocycles. The SMILES string of the molecule is COc1ccc(OCC(=O)Nc2ccc(Nc3cc(Nc4ccccn4)ncn3)cc2)cc1. The number of aromatic nitrogens is 3. The van der Waals surface area contributed by atoms with Crippen LogP contribution in [0.3, 0.4) is 0 Å². The predicted molar refractivity (Wildman–Crippen MR) is 126 cm³/mol. The average Bonchev–Trinajstić information content (AvgIpc) is 2.85. The minimum Gasteiger partial charge on any atom is -0.497 e. The highest BCUT2D eigenvalue weighted by Crippen LogP contribution is 2.20. The number of hydrogen-bond acceptors (Lipinski definition) is 8. The quantitative estimate of drug-likeness (QED) is 0.350. The summed E-state index contributed by atoms with van der Waals surface area (Å²) in [6.45, 7) is -0.0979. The zero-order valence-corrected chi connectivity index (χ0v) is 17.9. The molecule has 0 saturated heterocycles. The number of anilines is 5. The Morgan fingerprint density at radius 2 is 1.48 bits per heavy atom. The lowest BCUT2D eigenvalue weighted by Crippen LogP contribution is -2.20. The molecule has 166 valence electrons. The summed E-state index contributed by atoms with van der Waals surface area (Å²) >= 11 is 0. The Labute approximate surface area is 190 Å². The molecule has 9 heteroatoms. The molecular formula is C24H22N6O3. The number of methoxy groups -OCH3 is 1. The molecule has 33 heavy (non-hydrogen) atoms. The monoisotopic (exact) mass is 442 g/mol. The lowest BCUT2D eigenvalue weighted by molar-refractivity contribution is -0.118. The van der Waals surface area contributed by atoms with E-state index in [0.717, 1.165) is 11.4 Å². The fourth-order valence-corrected chi connectivity index (χ4v) is 2.86. The van der Waals surface area contributed by atoms with Crippen molar-refractivity contribution in [2.24, 2.45) is 0 Å². The Kier molecular flexibility index (Phi) is 6.92. The van der Waals surface area contributed by atoms with Crippen LogP contribution in [0.4, 0.5) is 28.8 Å². The van der Waals surface area contributed by atoms with Crippen molar-refractivity contribution in [2.75, 3.05) is 29.7 Å². The van der Waals surface area contributed by atoms with Crippen molar-refractivity contribution in [3.8, 4) is 11.5 Å². The molecule has 4 aromatic rings. The van der Waals surface area contributed by atoms with Gasteiger partial charge in [0, 0.05) is 23.6 Å². The van der Waals surface area contributed by atoms with Crippen LogP contribution in [0.5, 0.6) is 11.5 Å². The fourth-order valence-electron chi connectivity index (χ4n) is 2.86. The molecule has 3 N–H and O–H groups in total. The van der Waals surface area contributed by atoms with E-state index in [2.05, 4.69) is 30.9 Å². The molecule has 0 radical (unpaired) electrons. The van der Waals surface area contributed by atoms with Gasteiger partial charge in [-0.15, -0.1) is 0 Å². The van der Waals surface area contributed by atoms with Crippen LogP contribution < -0.4 is 25.4 Å². The van der Waals surface area contributed by atoms with Gasteiger partial charge in [0.05, 0.1) is 7.11 Å². The largest absolute Gasteiger partial charge is 0.497 e. The zero-order chi connectivity index (χ0) is 22.9. The topological polar surface area (TPSA) is 110 Å². The third kappa shape index (κ3) is 6.41. The van der Waals surface area contributed by atoms with Gasteiger partial charge in [-0.25, -0.2) is 15.0 Å².